The predicted molar refractivity (Wildman–Crippen MR) is 51.5 cm³/mol. The first-order chi connectivity index (χ1) is 6.24. The van der Waals surface area contributed by atoms with Crippen LogP contribution in [0.3, 0.4) is 0 Å². The van der Waals surface area contributed by atoms with Crippen LogP contribution in [-0.4, -0.2) is 16.8 Å². The Hall–Kier alpha value is -1.09. The average Bonchev–Trinajstić information content (AvgIpc) is 2.19. The maximum atomic E-state index is 10.9. The smallest absolute Gasteiger partial charge is 0.235 e. The Balaban J connectivity index is 2.59. The Kier molecular flexibility index (Phi) is 3.71. The first kappa shape index (κ1) is 9.99. The first-order valence-corrected chi connectivity index (χ1v) is 4.52. The average molecular weight is 199 g/mol. The number of hydrogen-bond acceptors (Lipinski definition) is 2. The molecule has 1 N–H and O–H groups in total. The molecular formula is C9H11ClN2O. The van der Waals surface area contributed by atoms with Crippen LogP contribution >= 0.6 is 11.6 Å². The number of alkyl halides is 1. The minimum absolute atomic E-state index is 0.00932. The summed E-state index contributed by atoms with van der Waals surface area (Å²) in [5.74, 6) is -0.178. The topological polar surface area (TPSA) is 42.0 Å². The number of carbonyl (C=O) groups excluding carboxylic acids is 1. The number of rotatable bonds is 3. The van der Waals surface area contributed by atoms with E-state index < -0.39 is 0 Å². The lowest BCUT2D eigenvalue weighted by Crippen LogP contribution is -2.27. The molecule has 1 amide bonds. The lowest BCUT2D eigenvalue weighted by molar-refractivity contribution is -0.119. The number of aromatic nitrogens is 1. The van der Waals surface area contributed by atoms with Crippen molar-refractivity contribution in [2.24, 2.45) is 0 Å². The first-order valence-electron chi connectivity index (χ1n) is 3.99. The summed E-state index contributed by atoms with van der Waals surface area (Å²) >= 11 is 5.36. The van der Waals surface area contributed by atoms with Crippen molar-refractivity contribution in [1.29, 1.82) is 0 Å². The minimum Gasteiger partial charge on any atom is -0.348 e. The lowest BCUT2D eigenvalue weighted by atomic mass is 10.1. The van der Waals surface area contributed by atoms with Gasteiger partial charge >= 0.3 is 0 Å². The van der Waals surface area contributed by atoms with Crippen molar-refractivity contribution in [2.75, 3.05) is 5.88 Å². The molecule has 3 nitrogen and oxygen atoms in total. The summed E-state index contributed by atoms with van der Waals surface area (Å²) in [7, 11) is 0. The van der Waals surface area contributed by atoms with E-state index in [9.17, 15) is 4.79 Å². The largest absolute Gasteiger partial charge is 0.348 e. The highest BCUT2D eigenvalue weighted by Crippen LogP contribution is 2.09. The van der Waals surface area contributed by atoms with E-state index in [-0.39, 0.29) is 17.8 Å². The van der Waals surface area contributed by atoms with E-state index in [0.29, 0.717) is 0 Å². The van der Waals surface area contributed by atoms with Gasteiger partial charge in [0, 0.05) is 12.4 Å². The van der Waals surface area contributed by atoms with Gasteiger partial charge < -0.3 is 5.32 Å². The molecule has 0 saturated heterocycles. The van der Waals surface area contributed by atoms with Crippen LogP contribution in [-0.2, 0) is 4.79 Å². The van der Waals surface area contributed by atoms with Crippen LogP contribution < -0.4 is 5.32 Å². The van der Waals surface area contributed by atoms with Crippen molar-refractivity contribution in [3.05, 3.63) is 30.1 Å². The third-order valence-electron chi connectivity index (χ3n) is 1.68. The van der Waals surface area contributed by atoms with E-state index in [0.717, 1.165) is 5.56 Å². The van der Waals surface area contributed by atoms with E-state index in [2.05, 4.69) is 10.3 Å². The molecule has 0 aliphatic heterocycles. The number of nitrogens with one attached hydrogen (secondary N) is 1. The van der Waals surface area contributed by atoms with Crippen molar-refractivity contribution >= 4 is 17.5 Å². The van der Waals surface area contributed by atoms with Gasteiger partial charge in [0.2, 0.25) is 5.91 Å². The molecular weight excluding hydrogens is 188 g/mol. The van der Waals surface area contributed by atoms with Crippen LogP contribution in [0.1, 0.15) is 18.5 Å². The fourth-order valence-corrected chi connectivity index (χ4v) is 1.07. The summed E-state index contributed by atoms with van der Waals surface area (Å²) in [6.45, 7) is 1.89. The summed E-state index contributed by atoms with van der Waals surface area (Å²) in [6.07, 6.45) is 3.42. The van der Waals surface area contributed by atoms with Crippen molar-refractivity contribution in [3.8, 4) is 0 Å². The van der Waals surface area contributed by atoms with Crippen LogP contribution in [0.25, 0.3) is 0 Å². The third kappa shape index (κ3) is 3.03. The van der Waals surface area contributed by atoms with Gasteiger partial charge in [-0.25, -0.2) is 0 Å². The van der Waals surface area contributed by atoms with Gasteiger partial charge in [-0.3, -0.25) is 9.78 Å². The predicted octanol–water partition coefficient (Wildman–Crippen LogP) is 1.50. The molecule has 4 heteroatoms. The molecule has 1 aromatic heterocycles. The molecule has 0 bridgehead atoms. The fourth-order valence-electron chi connectivity index (χ4n) is 0.995. The summed E-state index contributed by atoms with van der Waals surface area (Å²) in [5.41, 5.74) is 0.973. The standard InChI is InChI=1S/C9H11ClN2O/c1-7(12-9(13)5-10)8-3-2-4-11-6-8/h2-4,6-7H,5H2,1H3,(H,12,13). The van der Waals surface area contributed by atoms with Gasteiger partial charge in [0.25, 0.3) is 0 Å². The Morgan fingerprint density at radius 2 is 2.54 bits per heavy atom. The van der Waals surface area contributed by atoms with Gasteiger partial charge in [0.1, 0.15) is 5.88 Å². The highest BCUT2D eigenvalue weighted by Gasteiger charge is 2.07. The maximum absolute atomic E-state index is 10.9. The Morgan fingerprint density at radius 3 is 3.08 bits per heavy atom. The summed E-state index contributed by atoms with van der Waals surface area (Å²) in [5, 5.41) is 2.73. The van der Waals surface area contributed by atoms with Crippen LogP contribution in [0.5, 0.6) is 0 Å². The number of halogens is 1. The van der Waals surface area contributed by atoms with Gasteiger partial charge in [0.05, 0.1) is 6.04 Å². The van der Waals surface area contributed by atoms with Crippen LogP contribution in [0.2, 0.25) is 0 Å². The van der Waals surface area contributed by atoms with E-state index in [4.69, 9.17) is 11.6 Å². The van der Waals surface area contributed by atoms with Crippen molar-refractivity contribution in [2.45, 2.75) is 13.0 Å². The molecule has 1 rings (SSSR count). The molecule has 0 saturated carbocycles. The molecule has 1 unspecified atom stereocenters. The number of hydrogen-bond donors (Lipinski definition) is 1. The molecule has 70 valence electrons. The van der Waals surface area contributed by atoms with E-state index in [1.54, 1.807) is 12.4 Å². The Labute approximate surface area is 82.1 Å². The summed E-state index contributed by atoms with van der Waals surface area (Å²) in [4.78, 5) is 14.9. The monoisotopic (exact) mass is 198 g/mol. The minimum atomic E-state index is -0.169. The molecule has 0 aliphatic rings. The number of pyridine rings is 1. The molecule has 1 heterocycles. The van der Waals surface area contributed by atoms with Crippen molar-refractivity contribution in [1.82, 2.24) is 10.3 Å². The molecule has 0 spiro atoms. The van der Waals surface area contributed by atoms with Crippen LogP contribution in [0.15, 0.2) is 24.5 Å². The summed E-state index contributed by atoms with van der Waals surface area (Å²) < 4.78 is 0. The maximum Gasteiger partial charge on any atom is 0.235 e. The molecule has 1 atom stereocenters. The van der Waals surface area contributed by atoms with Gasteiger partial charge in [-0.05, 0) is 18.6 Å². The highest BCUT2D eigenvalue weighted by atomic mass is 35.5. The van der Waals surface area contributed by atoms with Gasteiger partial charge in [-0.15, -0.1) is 11.6 Å². The molecule has 13 heavy (non-hydrogen) atoms. The molecule has 0 radical (unpaired) electrons. The quantitative estimate of drug-likeness (QED) is 0.748. The SMILES string of the molecule is CC(NC(=O)CCl)c1cccnc1. The van der Waals surface area contributed by atoms with E-state index >= 15 is 0 Å². The number of nitrogens with zero attached hydrogens (tertiary/aromatic N) is 1. The van der Waals surface area contributed by atoms with Gasteiger partial charge in [-0.1, -0.05) is 6.07 Å². The summed E-state index contributed by atoms with van der Waals surface area (Å²) in [6, 6.07) is 3.70. The Bertz CT molecular complexity index is 276. The molecule has 0 fully saturated rings. The zero-order chi connectivity index (χ0) is 9.68. The fraction of sp³-hybridized carbons (Fsp3) is 0.333. The third-order valence-corrected chi connectivity index (χ3v) is 1.93. The van der Waals surface area contributed by atoms with Crippen LogP contribution in [0, 0.1) is 0 Å². The second-order valence-electron chi connectivity index (χ2n) is 2.71. The van der Waals surface area contributed by atoms with Gasteiger partial charge in [0.15, 0.2) is 0 Å². The molecule has 0 aliphatic carbocycles. The zero-order valence-electron chi connectivity index (χ0n) is 7.33. The van der Waals surface area contributed by atoms with Crippen LogP contribution in [0.4, 0.5) is 0 Å². The second-order valence-corrected chi connectivity index (χ2v) is 2.98. The number of carbonyl (C=O) groups is 1. The normalized spacial score (nSPS) is 12.2. The van der Waals surface area contributed by atoms with Crippen molar-refractivity contribution in [3.63, 3.8) is 0 Å². The molecule has 0 aromatic carbocycles. The van der Waals surface area contributed by atoms with Gasteiger partial charge in [-0.2, -0.15) is 0 Å². The van der Waals surface area contributed by atoms with E-state index in [1.165, 1.54) is 0 Å². The second kappa shape index (κ2) is 4.82. The lowest BCUT2D eigenvalue weighted by Gasteiger charge is -2.12. The highest BCUT2D eigenvalue weighted by molar-refractivity contribution is 6.27. The van der Waals surface area contributed by atoms with Crippen molar-refractivity contribution < 1.29 is 4.79 Å². The number of amides is 1. The van der Waals surface area contributed by atoms with E-state index in [1.807, 2.05) is 19.1 Å². The molecule has 1 aromatic rings. The Morgan fingerprint density at radius 1 is 1.77 bits per heavy atom. The zero-order valence-corrected chi connectivity index (χ0v) is 8.08.